The predicted molar refractivity (Wildman–Crippen MR) is 85.2 cm³/mol. The van der Waals surface area contributed by atoms with Crippen molar-refractivity contribution < 1.29 is 4.74 Å². The lowest BCUT2D eigenvalue weighted by Crippen LogP contribution is -2.10. The minimum Gasteiger partial charge on any atom is -0.485 e. The highest BCUT2D eigenvalue weighted by atomic mass is 79.9. The summed E-state index contributed by atoms with van der Waals surface area (Å²) in [5.74, 6) is 0.682. The second kappa shape index (κ2) is 5.75. The van der Waals surface area contributed by atoms with Gasteiger partial charge in [-0.2, -0.15) is 5.10 Å². The van der Waals surface area contributed by atoms with Crippen LogP contribution in [-0.4, -0.2) is 23.9 Å². The number of hydrogen-bond donors (Lipinski definition) is 1. The first kappa shape index (κ1) is 14.7. The molecule has 5 nitrogen and oxygen atoms in total. The Morgan fingerprint density at radius 1 is 1.40 bits per heavy atom. The molecule has 0 aliphatic rings. The molecule has 6 heteroatoms. The van der Waals surface area contributed by atoms with E-state index < -0.39 is 0 Å². The summed E-state index contributed by atoms with van der Waals surface area (Å²) in [6, 6.07) is 5.76. The average molecular weight is 339 g/mol. The van der Waals surface area contributed by atoms with Crippen molar-refractivity contribution >= 4 is 27.3 Å². The van der Waals surface area contributed by atoms with Gasteiger partial charge >= 0.3 is 0 Å². The van der Waals surface area contributed by atoms with Crippen molar-refractivity contribution in [2.24, 2.45) is 7.05 Å². The van der Waals surface area contributed by atoms with E-state index in [0.717, 1.165) is 21.5 Å². The zero-order valence-corrected chi connectivity index (χ0v) is 13.7. The number of benzene rings is 1. The molecule has 0 saturated heterocycles. The molecule has 20 heavy (non-hydrogen) atoms. The highest BCUT2D eigenvalue weighted by Crippen LogP contribution is 2.29. The molecule has 0 radical (unpaired) electrons. The number of aryl methyl sites for hydroxylation is 2. The van der Waals surface area contributed by atoms with Crippen LogP contribution in [-0.2, 0) is 13.7 Å². The minimum absolute atomic E-state index is 0.416. The van der Waals surface area contributed by atoms with Gasteiger partial charge in [-0.05, 0) is 35.0 Å². The molecule has 0 aliphatic carbocycles. The van der Waals surface area contributed by atoms with Crippen LogP contribution in [0.5, 0.6) is 5.75 Å². The van der Waals surface area contributed by atoms with Crippen LogP contribution in [0.1, 0.15) is 11.4 Å². The second-order valence-electron chi connectivity index (χ2n) is 4.87. The molecule has 2 rings (SSSR count). The summed E-state index contributed by atoms with van der Waals surface area (Å²) in [5.41, 5.74) is 9.57. The first-order valence-corrected chi connectivity index (χ1v) is 7.07. The molecule has 0 fully saturated rings. The molecule has 1 aromatic carbocycles. The molecular formula is C14H19BrN4O. The molecule has 0 aliphatic heterocycles. The number of aromatic nitrogens is 2. The summed E-state index contributed by atoms with van der Waals surface area (Å²) in [4.78, 5) is 2.01. The van der Waals surface area contributed by atoms with Crippen LogP contribution in [0.15, 0.2) is 22.7 Å². The monoisotopic (exact) mass is 338 g/mol. The van der Waals surface area contributed by atoms with Crippen molar-refractivity contribution in [3.8, 4) is 5.75 Å². The molecule has 0 bridgehead atoms. The Bertz CT molecular complexity index is 622. The number of nitrogens with two attached hydrogens (primary N) is 1. The van der Waals surface area contributed by atoms with Crippen molar-refractivity contribution in [3.05, 3.63) is 34.1 Å². The van der Waals surface area contributed by atoms with Crippen LogP contribution >= 0.6 is 15.9 Å². The highest BCUT2D eigenvalue weighted by molar-refractivity contribution is 9.10. The van der Waals surface area contributed by atoms with Crippen LogP contribution in [0.25, 0.3) is 0 Å². The molecule has 0 unspecified atom stereocenters. The molecule has 0 saturated carbocycles. The van der Waals surface area contributed by atoms with Gasteiger partial charge in [-0.3, -0.25) is 4.68 Å². The standard InChI is InChI=1S/C14H19BrN4O/c1-9-14(15)12(19(4)17-9)8-20-13-7-10(18(2)3)5-6-11(13)16/h5-7H,8,16H2,1-4H3. The van der Waals surface area contributed by atoms with Gasteiger partial charge in [0.05, 0.1) is 21.5 Å². The first-order valence-electron chi connectivity index (χ1n) is 6.27. The SMILES string of the molecule is Cc1nn(C)c(COc2cc(N(C)C)ccc2N)c1Br. The second-order valence-corrected chi connectivity index (χ2v) is 5.67. The van der Waals surface area contributed by atoms with E-state index in [9.17, 15) is 0 Å². The number of ether oxygens (including phenoxy) is 1. The molecule has 108 valence electrons. The number of nitrogen functional groups attached to an aromatic ring is 1. The van der Waals surface area contributed by atoms with Crippen molar-refractivity contribution in [1.82, 2.24) is 9.78 Å². The predicted octanol–water partition coefficient (Wildman–Crippen LogP) is 2.72. The smallest absolute Gasteiger partial charge is 0.144 e. The maximum absolute atomic E-state index is 5.96. The molecule has 2 N–H and O–H groups in total. The van der Waals surface area contributed by atoms with Gasteiger partial charge < -0.3 is 15.4 Å². The minimum atomic E-state index is 0.416. The maximum Gasteiger partial charge on any atom is 0.144 e. The van der Waals surface area contributed by atoms with Crippen molar-refractivity contribution in [2.75, 3.05) is 24.7 Å². The Labute approximate surface area is 127 Å². The topological polar surface area (TPSA) is 56.3 Å². The fraction of sp³-hybridized carbons (Fsp3) is 0.357. The fourth-order valence-electron chi connectivity index (χ4n) is 1.91. The van der Waals surface area contributed by atoms with Crippen LogP contribution in [0.4, 0.5) is 11.4 Å². The molecular weight excluding hydrogens is 320 g/mol. The lowest BCUT2D eigenvalue weighted by molar-refractivity contribution is 0.296. The lowest BCUT2D eigenvalue weighted by atomic mass is 10.2. The Morgan fingerprint density at radius 3 is 2.65 bits per heavy atom. The van der Waals surface area contributed by atoms with Gasteiger partial charge in [-0.15, -0.1) is 0 Å². The van der Waals surface area contributed by atoms with E-state index in [1.807, 2.05) is 55.8 Å². The van der Waals surface area contributed by atoms with E-state index in [-0.39, 0.29) is 0 Å². The third-order valence-electron chi connectivity index (χ3n) is 3.14. The average Bonchev–Trinajstić information content (AvgIpc) is 2.63. The quantitative estimate of drug-likeness (QED) is 0.871. The molecule has 0 amide bonds. The van der Waals surface area contributed by atoms with E-state index in [4.69, 9.17) is 10.5 Å². The van der Waals surface area contributed by atoms with Gasteiger partial charge in [0.2, 0.25) is 0 Å². The molecule has 2 aromatic rings. The van der Waals surface area contributed by atoms with E-state index in [1.54, 1.807) is 0 Å². The van der Waals surface area contributed by atoms with Gasteiger partial charge in [0, 0.05) is 32.9 Å². The van der Waals surface area contributed by atoms with Gasteiger partial charge in [0.25, 0.3) is 0 Å². The summed E-state index contributed by atoms with van der Waals surface area (Å²) in [5, 5.41) is 4.34. The summed E-state index contributed by atoms with van der Waals surface area (Å²) >= 11 is 3.53. The third kappa shape index (κ3) is 2.90. The van der Waals surface area contributed by atoms with Crippen molar-refractivity contribution in [3.63, 3.8) is 0 Å². The first-order chi connectivity index (χ1) is 9.40. The largest absolute Gasteiger partial charge is 0.485 e. The van der Waals surface area contributed by atoms with Crippen molar-refractivity contribution in [1.29, 1.82) is 0 Å². The Morgan fingerprint density at radius 2 is 2.10 bits per heavy atom. The number of nitrogens with zero attached hydrogens (tertiary/aromatic N) is 3. The van der Waals surface area contributed by atoms with Crippen LogP contribution < -0.4 is 15.4 Å². The molecule has 0 atom stereocenters. The zero-order valence-electron chi connectivity index (χ0n) is 12.1. The molecule has 0 spiro atoms. The van der Waals surface area contributed by atoms with Gasteiger partial charge in [0.15, 0.2) is 0 Å². The fourth-order valence-corrected chi connectivity index (χ4v) is 2.36. The highest BCUT2D eigenvalue weighted by Gasteiger charge is 2.12. The summed E-state index contributed by atoms with van der Waals surface area (Å²) in [7, 11) is 5.86. The maximum atomic E-state index is 5.96. The number of rotatable bonds is 4. The normalized spacial score (nSPS) is 10.7. The van der Waals surface area contributed by atoms with E-state index in [1.165, 1.54) is 0 Å². The molecule has 1 heterocycles. The van der Waals surface area contributed by atoms with Gasteiger partial charge in [-0.1, -0.05) is 0 Å². The zero-order chi connectivity index (χ0) is 14.9. The summed E-state index contributed by atoms with van der Waals surface area (Å²) in [6.45, 7) is 2.37. The molecule has 1 aromatic heterocycles. The number of halogens is 1. The number of hydrogen-bond acceptors (Lipinski definition) is 4. The van der Waals surface area contributed by atoms with E-state index in [2.05, 4.69) is 21.0 Å². The third-order valence-corrected chi connectivity index (χ3v) is 4.17. The van der Waals surface area contributed by atoms with Gasteiger partial charge in [0.1, 0.15) is 12.4 Å². The summed E-state index contributed by atoms with van der Waals surface area (Å²) in [6.07, 6.45) is 0. The van der Waals surface area contributed by atoms with E-state index >= 15 is 0 Å². The van der Waals surface area contributed by atoms with Gasteiger partial charge in [-0.25, -0.2) is 0 Å². The van der Waals surface area contributed by atoms with Crippen LogP contribution in [0.2, 0.25) is 0 Å². The number of anilines is 2. The summed E-state index contributed by atoms with van der Waals surface area (Å²) < 4.78 is 8.63. The Balaban J connectivity index is 2.20. The lowest BCUT2D eigenvalue weighted by Gasteiger charge is -2.16. The van der Waals surface area contributed by atoms with Crippen LogP contribution in [0.3, 0.4) is 0 Å². The Hall–Kier alpha value is -1.69. The Kier molecular flexibility index (Phi) is 4.23. The van der Waals surface area contributed by atoms with E-state index in [0.29, 0.717) is 18.0 Å². The van der Waals surface area contributed by atoms with Crippen LogP contribution in [0, 0.1) is 6.92 Å². The van der Waals surface area contributed by atoms with Crippen molar-refractivity contribution in [2.45, 2.75) is 13.5 Å².